The lowest BCUT2D eigenvalue weighted by Gasteiger charge is -2.08. The van der Waals surface area contributed by atoms with Crippen LogP contribution in [0.4, 0.5) is 0 Å². The molecule has 0 aliphatic rings. The van der Waals surface area contributed by atoms with E-state index in [0.717, 1.165) is 30.5 Å². The minimum absolute atomic E-state index is 0.629. The van der Waals surface area contributed by atoms with Gasteiger partial charge in [-0.2, -0.15) is 0 Å². The molecule has 1 N–H and O–H groups in total. The molecule has 0 bridgehead atoms. The maximum absolute atomic E-state index is 10.5. The Morgan fingerprint density at radius 1 is 1.20 bits per heavy atom. The zero-order valence-corrected chi connectivity index (χ0v) is 11.1. The van der Waals surface area contributed by atoms with Gasteiger partial charge < -0.3 is 14.4 Å². The van der Waals surface area contributed by atoms with Crippen molar-refractivity contribution in [2.45, 2.75) is 13.0 Å². The smallest absolute Gasteiger partial charge is 0.328 e. The Morgan fingerprint density at radius 3 is 2.75 bits per heavy atom. The Hall–Kier alpha value is -2.49. The van der Waals surface area contributed by atoms with Crippen LogP contribution in [-0.4, -0.2) is 22.2 Å². The molecular weight excluding hydrogens is 254 g/mol. The number of carbonyl (C=O) groups is 1. The standard InChI is InChI=1S/C16H17NO3/c18-16(19)10-9-14-6-4-11-17(14)12-5-13-20-15-7-2-1-3-8-15/h1-4,6-11H,5,12-13H2,(H,18,19)/b10-9+. The van der Waals surface area contributed by atoms with E-state index in [2.05, 4.69) is 0 Å². The second kappa shape index (κ2) is 7.19. The van der Waals surface area contributed by atoms with E-state index in [1.165, 1.54) is 0 Å². The molecule has 0 unspecified atom stereocenters. The first kappa shape index (κ1) is 13.9. The monoisotopic (exact) mass is 271 g/mol. The van der Waals surface area contributed by atoms with Crippen LogP contribution in [0.3, 0.4) is 0 Å². The van der Waals surface area contributed by atoms with Crippen molar-refractivity contribution in [2.75, 3.05) is 6.61 Å². The van der Waals surface area contributed by atoms with Crippen molar-refractivity contribution in [1.29, 1.82) is 0 Å². The number of hydrogen-bond acceptors (Lipinski definition) is 2. The van der Waals surface area contributed by atoms with E-state index in [-0.39, 0.29) is 0 Å². The van der Waals surface area contributed by atoms with Gasteiger partial charge in [0.1, 0.15) is 5.75 Å². The predicted octanol–water partition coefficient (Wildman–Crippen LogP) is 3.06. The highest BCUT2D eigenvalue weighted by Crippen LogP contribution is 2.10. The largest absolute Gasteiger partial charge is 0.494 e. The van der Waals surface area contributed by atoms with Gasteiger partial charge in [0.25, 0.3) is 0 Å². The third kappa shape index (κ3) is 4.31. The van der Waals surface area contributed by atoms with Crippen LogP contribution in [0.15, 0.2) is 54.7 Å². The molecule has 2 aromatic rings. The molecule has 0 fully saturated rings. The van der Waals surface area contributed by atoms with Gasteiger partial charge in [0.05, 0.1) is 6.61 Å². The molecule has 1 heterocycles. The molecule has 0 saturated carbocycles. The van der Waals surface area contributed by atoms with Crippen LogP contribution in [0.25, 0.3) is 6.08 Å². The average Bonchev–Trinajstić information content (AvgIpc) is 2.90. The van der Waals surface area contributed by atoms with Crippen LogP contribution in [0.2, 0.25) is 0 Å². The number of nitrogens with zero attached hydrogens (tertiary/aromatic N) is 1. The molecule has 20 heavy (non-hydrogen) atoms. The molecule has 0 aliphatic heterocycles. The first-order valence-corrected chi connectivity index (χ1v) is 6.50. The van der Waals surface area contributed by atoms with Gasteiger partial charge >= 0.3 is 5.97 Å². The molecule has 2 rings (SSSR count). The van der Waals surface area contributed by atoms with Crippen LogP contribution in [0, 0.1) is 0 Å². The molecule has 0 radical (unpaired) electrons. The fourth-order valence-corrected chi connectivity index (χ4v) is 1.88. The lowest BCUT2D eigenvalue weighted by atomic mass is 10.3. The summed E-state index contributed by atoms with van der Waals surface area (Å²) in [6, 6.07) is 13.5. The van der Waals surface area contributed by atoms with Crippen LogP contribution in [0.5, 0.6) is 5.75 Å². The average molecular weight is 271 g/mol. The van der Waals surface area contributed by atoms with Crippen molar-refractivity contribution in [1.82, 2.24) is 4.57 Å². The van der Waals surface area contributed by atoms with Crippen LogP contribution >= 0.6 is 0 Å². The second-order valence-electron chi connectivity index (χ2n) is 4.31. The van der Waals surface area contributed by atoms with E-state index in [1.54, 1.807) is 6.08 Å². The van der Waals surface area contributed by atoms with Gasteiger partial charge in [0, 0.05) is 24.5 Å². The van der Waals surface area contributed by atoms with E-state index in [4.69, 9.17) is 9.84 Å². The van der Waals surface area contributed by atoms with E-state index < -0.39 is 5.97 Å². The summed E-state index contributed by atoms with van der Waals surface area (Å²) in [6.45, 7) is 1.42. The highest BCUT2D eigenvalue weighted by Gasteiger charge is 1.99. The number of rotatable bonds is 7. The first-order chi connectivity index (χ1) is 9.75. The van der Waals surface area contributed by atoms with Gasteiger partial charge in [0.15, 0.2) is 0 Å². The molecule has 0 atom stereocenters. The van der Waals surface area contributed by atoms with Crippen LogP contribution in [0.1, 0.15) is 12.1 Å². The minimum Gasteiger partial charge on any atom is -0.494 e. The van der Waals surface area contributed by atoms with Crippen LogP contribution in [-0.2, 0) is 11.3 Å². The summed E-state index contributed by atoms with van der Waals surface area (Å²) in [5.41, 5.74) is 0.882. The highest BCUT2D eigenvalue weighted by molar-refractivity contribution is 5.84. The van der Waals surface area contributed by atoms with Gasteiger partial charge in [0.2, 0.25) is 0 Å². The molecule has 1 aromatic carbocycles. The van der Waals surface area contributed by atoms with Crippen LogP contribution < -0.4 is 4.74 Å². The zero-order chi connectivity index (χ0) is 14.2. The molecule has 0 saturated heterocycles. The maximum atomic E-state index is 10.5. The Bertz CT molecular complexity index is 572. The fourth-order valence-electron chi connectivity index (χ4n) is 1.88. The summed E-state index contributed by atoms with van der Waals surface area (Å²) < 4.78 is 7.62. The summed E-state index contributed by atoms with van der Waals surface area (Å²) in [5, 5.41) is 8.63. The molecule has 4 nitrogen and oxygen atoms in total. The van der Waals surface area contributed by atoms with Gasteiger partial charge in [-0.25, -0.2) is 4.79 Å². The Kier molecular flexibility index (Phi) is 5.00. The summed E-state index contributed by atoms with van der Waals surface area (Å²) in [6.07, 6.45) is 5.54. The number of benzene rings is 1. The number of aromatic nitrogens is 1. The number of para-hydroxylation sites is 1. The van der Waals surface area contributed by atoms with Crippen molar-refractivity contribution in [2.24, 2.45) is 0 Å². The van der Waals surface area contributed by atoms with Crippen molar-refractivity contribution >= 4 is 12.0 Å². The summed E-state index contributed by atoms with van der Waals surface area (Å²) in [4.78, 5) is 10.5. The van der Waals surface area contributed by atoms with E-state index in [1.807, 2.05) is 53.2 Å². The van der Waals surface area contributed by atoms with E-state index in [9.17, 15) is 4.79 Å². The summed E-state index contributed by atoms with van der Waals surface area (Å²) in [5.74, 6) is -0.0730. The topological polar surface area (TPSA) is 51.5 Å². The number of ether oxygens (including phenoxy) is 1. The van der Waals surface area contributed by atoms with Crippen molar-refractivity contribution in [3.05, 3.63) is 60.4 Å². The molecule has 0 aliphatic carbocycles. The molecule has 104 valence electrons. The third-order valence-electron chi connectivity index (χ3n) is 2.82. The number of carboxylic acids is 1. The van der Waals surface area contributed by atoms with E-state index in [0.29, 0.717) is 6.61 Å². The number of hydrogen-bond donors (Lipinski definition) is 1. The summed E-state index contributed by atoms with van der Waals surface area (Å²) >= 11 is 0. The van der Waals surface area contributed by atoms with Gasteiger partial charge in [-0.15, -0.1) is 0 Å². The number of aliphatic carboxylic acids is 1. The summed E-state index contributed by atoms with van der Waals surface area (Å²) in [7, 11) is 0. The Balaban J connectivity index is 1.80. The lowest BCUT2D eigenvalue weighted by Crippen LogP contribution is -2.05. The maximum Gasteiger partial charge on any atom is 0.328 e. The van der Waals surface area contributed by atoms with Crippen molar-refractivity contribution in [3.63, 3.8) is 0 Å². The molecule has 1 aromatic heterocycles. The normalized spacial score (nSPS) is 10.8. The fraction of sp³-hybridized carbons (Fsp3) is 0.188. The van der Waals surface area contributed by atoms with Gasteiger partial charge in [-0.1, -0.05) is 18.2 Å². The second-order valence-corrected chi connectivity index (χ2v) is 4.31. The SMILES string of the molecule is O=C(O)/C=C/c1cccn1CCCOc1ccccc1. The van der Waals surface area contributed by atoms with Crippen molar-refractivity contribution in [3.8, 4) is 5.75 Å². The molecule has 4 heteroatoms. The zero-order valence-electron chi connectivity index (χ0n) is 11.1. The highest BCUT2D eigenvalue weighted by atomic mass is 16.5. The molecular formula is C16H17NO3. The Morgan fingerprint density at radius 2 is 2.00 bits per heavy atom. The molecule has 0 spiro atoms. The van der Waals surface area contributed by atoms with Crippen molar-refractivity contribution < 1.29 is 14.6 Å². The van der Waals surface area contributed by atoms with E-state index >= 15 is 0 Å². The quantitative estimate of drug-likeness (QED) is 0.622. The third-order valence-corrected chi connectivity index (χ3v) is 2.82. The molecule has 0 amide bonds. The number of aryl methyl sites for hydroxylation is 1. The van der Waals surface area contributed by atoms with Gasteiger partial charge in [-0.3, -0.25) is 0 Å². The van der Waals surface area contributed by atoms with Gasteiger partial charge in [-0.05, 0) is 36.8 Å². The lowest BCUT2D eigenvalue weighted by molar-refractivity contribution is -0.131. The minimum atomic E-state index is -0.940. The predicted molar refractivity (Wildman–Crippen MR) is 77.7 cm³/mol. The first-order valence-electron chi connectivity index (χ1n) is 6.50. The number of carboxylic acid groups (broad SMARTS) is 1. The Labute approximate surface area is 117 Å².